The Morgan fingerprint density at radius 1 is 0.930 bits per heavy atom. The molecule has 0 bridgehead atoms. The van der Waals surface area contributed by atoms with E-state index in [1.165, 1.54) is 16.8 Å². The number of carbonyl (C=O) groups excluding carboxylic acids is 1. The van der Waals surface area contributed by atoms with Crippen molar-refractivity contribution in [3.63, 3.8) is 0 Å². The summed E-state index contributed by atoms with van der Waals surface area (Å²) in [6.45, 7) is 0. The predicted molar refractivity (Wildman–Crippen MR) is 157 cm³/mol. The lowest BCUT2D eigenvalue weighted by molar-refractivity contribution is -0.137. The van der Waals surface area contributed by atoms with E-state index in [-0.39, 0.29) is 16.4 Å². The number of nitrogens with zero attached hydrogens (tertiary/aromatic N) is 3. The van der Waals surface area contributed by atoms with Gasteiger partial charge in [0.15, 0.2) is 21.3 Å². The van der Waals surface area contributed by atoms with Crippen molar-refractivity contribution in [3.8, 4) is 11.1 Å². The van der Waals surface area contributed by atoms with Gasteiger partial charge in [0.1, 0.15) is 4.75 Å². The van der Waals surface area contributed by atoms with E-state index in [1.807, 2.05) is 0 Å². The van der Waals surface area contributed by atoms with Crippen LogP contribution in [0.5, 0.6) is 0 Å². The molecule has 4 N–H and O–H groups in total. The van der Waals surface area contributed by atoms with Crippen molar-refractivity contribution in [1.29, 1.82) is 0 Å². The molecule has 1 aliphatic rings. The molecule has 43 heavy (non-hydrogen) atoms. The quantitative estimate of drug-likeness (QED) is 0.207. The van der Waals surface area contributed by atoms with Gasteiger partial charge in [-0.2, -0.15) is 18.3 Å². The van der Waals surface area contributed by atoms with Gasteiger partial charge in [-0.15, -0.1) is 0 Å². The number of sulfone groups is 1. The minimum absolute atomic E-state index is 0.0119. The summed E-state index contributed by atoms with van der Waals surface area (Å²) in [6.07, 6.45) is -3.70. The first-order chi connectivity index (χ1) is 20.4. The van der Waals surface area contributed by atoms with Crippen LogP contribution in [0.25, 0.3) is 22.2 Å². The Morgan fingerprint density at radius 3 is 2.26 bits per heavy atom. The second-order valence-corrected chi connectivity index (χ2v) is 12.6. The molecule has 0 atom stereocenters. The molecule has 6 rings (SSSR count). The topological polar surface area (TPSA) is 132 Å². The fraction of sp³-hybridized carbons (Fsp3) is 0.167. The van der Waals surface area contributed by atoms with Crippen LogP contribution in [0.15, 0.2) is 89.8 Å². The average molecular weight is 607 g/mol. The second kappa shape index (κ2) is 10.1. The van der Waals surface area contributed by atoms with E-state index in [1.54, 1.807) is 67.7 Å². The van der Waals surface area contributed by atoms with Gasteiger partial charge >= 0.3 is 12.2 Å². The third-order valence-electron chi connectivity index (χ3n) is 7.46. The smallest absolute Gasteiger partial charge is 0.382 e. The number of alkyl halides is 3. The van der Waals surface area contributed by atoms with Crippen LogP contribution < -0.4 is 16.4 Å². The first-order valence-electron chi connectivity index (χ1n) is 13.2. The summed E-state index contributed by atoms with van der Waals surface area (Å²) in [7, 11) is -2.07. The summed E-state index contributed by atoms with van der Waals surface area (Å²) < 4.78 is 66.9. The number of aryl methyl sites for hydroxylation is 1. The lowest BCUT2D eigenvalue weighted by atomic mass is 10.0. The molecule has 2 heterocycles. The summed E-state index contributed by atoms with van der Waals surface area (Å²) in [4.78, 5) is 17.4. The maximum Gasteiger partial charge on any atom is 0.416 e. The number of carbonyl (C=O) groups is 1. The summed E-state index contributed by atoms with van der Waals surface area (Å²) in [5.41, 5.74) is 7.86. The molecule has 0 unspecified atom stereocenters. The number of aromatic nitrogens is 3. The molecular weight excluding hydrogens is 581 g/mol. The molecule has 5 aromatic rings. The Kier molecular flexibility index (Phi) is 6.64. The number of fused-ring (bicyclic) bond motifs is 1. The number of amides is 2. The van der Waals surface area contributed by atoms with Gasteiger partial charge < -0.3 is 16.4 Å². The van der Waals surface area contributed by atoms with Crippen molar-refractivity contribution in [1.82, 2.24) is 14.8 Å². The number of hydrogen-bond donors (Lipinski definition) is 3. The standard InChI is InChI=1S/C30H25F3N6O3S/c1-39-27-25(26(34)38-39)23(17-24(37-27)29(14-15-29)43(41,42)22-8-3-2-4-9-22)18-10-12-20(13-11-18)35-28(40)36-21-7-5-6-19(16-21)30(31,32)33/h2-13,16-17H,14-15H2,1H3,(H2,34,38)(H2,35,36,40). The van der Waals surface area contributed by atoms with Crippen molar-refractivity contribution >= 4 is 44.1 Å². The number of pyridine rings is 1. The Bertz CT molecular complexity index is 1970. The molecule has 0 radical (unpaired) electrons. The van der Waals surface area contributed by atoms with E-state index in [0.717, 1.165) is 12.1 Å². The Balaban J connectivity index is 1.31. The molecule has 9 nitrogen and oxygen atoms in total. The lowest BCUT2D eigenvalue weighted by Crippen LogP contribution is -2.23. The van der Waals surface area contributed by atoms with Crippen LogP contribution in [0.3, 0.4) is 0 Å². The molecule has 3 aromatic carbocycles. The van der Waals surface area contributed by atoms with Gasteiger partial charge in [-0.1, -0.05) is 36.4 Å². The van der Waals surface area contributed by atoms with Gasteiger partial charge in [0.25, 0.3) is 0 Å². The highest BCUT2D eigenvalue weighted by atomic mass is 32.2. The van der Waals surface area contributed by atoms with Crippen LogP contribution in [0, 0.1) is 0 Å². The fourth-order valence-corrected chi connectivity index (χ4v) is 7.13. The van der Waals surface area contributed by atoms with E-state index < -0.39 is 32.4 Å². The summed E-state index contributed by atoms with van der Waals surface area (Å²) in [6, 6.07) is 20.3. The van der Waals surface area contributed by atoms with Crippen molar-refractivity contribution in [3.05, 3.63) is 96.2 Å². The highest BCUT2D eigenvalue weighted by Crippen LogP contribution is 2.55. The first-order valence-corrected chi connectivity index (χ1v) is 14.7. The number of benzene rings is 3. The second-order valence-electron chi connectivity index (χ2n) is 10.3. The van der Waals surface area contributed by atoms with Crippen LogP contribution in [0.2, 0.25) is 0 Å². The Labute approximate surface area is 244 Å². The zero-order valence-electron chi connectivity index (χ0n) is 22.7. The summed E-state index contributed by atoms with van der Waals surface area (Å²) in [5.74, 6) is 0.227. The molecule has 1 saturated carbocycles. The third-order valence-corrected chi connectivity index (χ3v) is 10.0. The molecule has 220 valence electrons. The fourth-order valence-electron chi connectivity index (χ4n) is 5.14. The van der Waals surface area contributed by atoms with Crippen LogP contribution in [-0.4, -0.2) is 29.2 Å². The highest BCUT2D eigenvalue weighted by Gasteiger charge is 2.58. The monoisotopic (exact) mass is 606 g/mol. The van der Waals surface area contributed by atoms with Crippen molar-refractivity contribution < 1.29 is 26.4 Å². The Morgan fingerprint density at radius 2 is 1.60 bits per heavy atom. The van der Waals surface area contributed by atoms with Crippen LogP contribution in [0.1, 0.15) is 24.1 Å². The van der Waals surface area contributed by atoms with Crippen molar-refractivity contribution in [2.45, 2.75) is 28.7 Å². The number of nitrogen functional groups attached to an aromatic ring is 1. The number of hydrogen-bond acceptors (Lipinski definition) is 6. The van der Waals surface area contributed by atoms with Crippen LogP contribution in [0.4, 0.5) is 35.2 Å². The molecule has 0 spiro atoms. The Hall–Kier alpha value is -4.91. The molecule has 2 amide bonds. The first kappa shape index (κ1) is 28.2. The third kappa shape index (κ3) is 5.05. The molecular formula is C30H25F3N6O3S. The average Bonchev–Trinajstić information content (AvgIpc) is 3.75. The SMILES string of the molecule is Cn1nc(N)c2c(-c3ccc(NC(=O)Nc4cccc(C(F)(F)F)c4)cc3)cc(C3(S(=O)(=O)c4ccccc4)CC3)nc21. The van der Waals surface area contributed by atoms with Crippen LogP contribution >= 0.6 is 0 Å². The summed E-state index contributed by atoms with van der Waals surface area (Å²) >= 11 is 0. The molecule has 2 aromatic heterocycles. The molecule has 1 aliphatic carbocycles. The van der Waals surface area contributed by atoms with Gasteiger partial charge in [0, 0.05) is 18.4 Å². The number of urea groups is 1. The number of halogens is 3. The van der Waals surface area contributed by atoms with E-state index in [4.69, 9.17) is 10.7 Å². The molecule has 0 saturated heterocycles. The van der Waals surface area contributed by atoms with E-state index >= 15 is 0 Å². The van der Waals surface area contributed by atoms with Gasteiger partial charge in [-0.25, -0.2) is 22.9 Å². The minimum Gasteiger partial charge on any atom is -0.382 e. The normalized spacial score (nSPS) is 14.4. The van der Waals surface area contributed by atoms with E-state index in [0.29, 0.717) is 46.4 Å². The number of anilines is 3. The number of nitrogens with one attached hydrogen (secondary N) is 2. The number of rotatable bonds is 6. The summed E-state index contributed by atoms with van der Waals surface area (Å²) in [5, 5.41) is 9.86. The minimum atomic E-state index is -4.54. The van der Waals surface area contributed by atoms with Crippen LogP contribution in [-0.2, 0) is 27.8 Å². The largest absolute Gasteiger partial charge is 0.416 e. The number of nitrogens with two attached hydrogens (primary N) is 1. The molecule has 1 fully saturated rings. The zero-order chi connectivity index (χ0) is 30.6. The van der Waals surface area contributed by atoms with Crippen molar-refractivity contribution in [2.75, 3.05) is 16.4 Å². The maximum atomic E-state index is 13.7. The van der Waals surface area contributed by atoms with Gasteiger partial charge in [0.05, 0.1) is 21.5 Å². The van der Waals surface area contributed by atoms with E-state index in [2.05, 4.69) is 15.7 Å². The molecule has 0 aliphatic heterocycles. The van der Waals surface area contributed by atoms with E-state index in [9.17, 15) is 26.4 Å². The van der Waals surface area contributed by atoms with Gasteiger partial charge in [0.2, 0.25) is 0 Å². The van der Waals surface area contributed by atoms with Gasteiger partial charge in [-0.05, 0) is 72.5 Å². The zero-order valence-corrected chi connectivity index (χ0v) is 23.5. The maximum absolute atomic E-state index is 13.7. The lowest BCUT2D eigenvalue weighted by Gasteiger charge is -2.18. The van der Waals surface area contributed by atoms with Gasteiger partial charge in [-0.3, -0.25) is 0 Å². The van der Waals surface area contributed by atoms with Crippen molar-refractivity contribution in [2.24, 2.45) is 7.05 Å². The predicted octanol–water partition coefficient (Wildman–Crippen LogP) is 6.34. The molecule has 13 heteroatoms. The highest BCUT2D eigenvalue weighted by molar-refractivity contribution is 7.92.